The molecule has 3 heterocycles. The molecule has 0 aliphatic heterocycles. The SMILES string of the molecule is CC(C)c1cnn2c(C(=O)NCc3cccc(O)c3)cc(-c3cncc(F)c3)nc12. The Labute approximate surface area is 172 Å². The molecule has 8 heteroatoms. The summed E-state index contributed by atoms with van der Waals surface area (Å²) in [5.74, 6) is -0.585. The first-order chi connectivity index (χ1) is 14.4. The van der Waals surface area contributed by atoms with Crippen molar-refractivity contribution in [3.05, 3.63) is 77.6 Å². The van der Waals surface area contributed by atoms with Crippen molar-refractivity contribution in [3.63, 3.8) is 0 Å². The minimum absolute atomic E-state index is 0.127. The number of fused-ring (bicyclic) bond motifs is 1. The van der Waals surface area contributed by atoms with Gasteiger partial charge in [0.05, 0.1) is 18.1 Å². The Kier molecular flexibility index (Phi) is 5.14. The van der Waals surface area contributed by atoms with Gasteiger partial charge in [-0.3, -0.25) is 9.78 Å². The number of halogens is 1. The molecular formula is C22H20FN5O2. The van der Waals surface area contributed by atoms with Gasteiger partial charge in [-0.2, -0.15) is 5.10 Å². The minimum Gasteiger partial charge on any atom is -0.508 e. The van der Waals surface area contributed by atoms with Crippen LogP contribution in [0.1, 0.15) is 41.4 Å². The van der Waals surface area contributed by atoms with Crippen molar-refractivity contribution in [2.75, 3.05) is 0 Å². The third-order valence-corrected chi connectivity index (χ3v) is 4.72. The number of carbonyl (C=O) groups is 1. The molecule has 152 valence electrons. The number of aromatic hydroxyl groups is 1. The molecule has 3 aromatic heterocycles. The van der Waals surface area contributed by atoms with Crippen molar-refractivity contribution in [2.45, 2.75) is 26.3 Å². The first-order valence-corrected chi connectivity index (χ1v) is 9.48. The van der Waals surface area contributed by atoms with Crippen molar-refractivity contribution >= 4 is 11.6 Å². The summed E-state index contributed by atoms with van der Waals surface area (Å²) in [7, 11) is 0. The molecule has 2 N–H and O–H groups in total. The quantitative estimate of drug-likeness (QED) is 0.528. The van der Waals surface area contributed by atoms with E-state index in [2.05, 4.69) is 20.4 Å². The summed E-state index contributed by atoms with van der Waals surface area (Å²) in [6, 6.07) is 9.55. The maximum absolute atomic E-state index is 13.7. The maximum atomic E-state index is 13.7. The zero-order valence-electron chi connectivity index (χ0n) is 16.5. The standard InChI is InChI=1S/C22H20FN5O2/c1-13(2)18-12-26-28-20(22(30)25-9-14-4-3-5-17(29)6-14)8-19(27-21(18)28)15-7-16(23)11-24-10-15/h3-8,10-13,29H,9H2,1-2H3,(H,25,30). The molecule has 0 saturated carbocycles. The fourth-order valence-corrected chi connectivity index (χ4v) is 3.19. The van der Waals surface area contributed by atoms with Gasteiger partial charge in [-0.25, -0.2) is 13.9 Å². The van der Waals surface area contributed by atoms with E-state index >= 15 is 0 Å². The van der Waals surface area contributed by atoms with Crippen LogP contribution >= 0.6 is 0 Å². The summed E-state index contributed by atoms with van der Waals surface area (Å²) in [5, 5.41) is 16.8. The average Bonchev–Trinajstić information content (AvgIpc) is 3.16. The maximum Gasteiger partial charge on any atom is 0.270 e. The van der Waals surface area contributed by atoms with Gasteiger partial charge in [0.2, 0.25) is 0 Å². The zero-order chi connectivity index (χ0) is 21.3. The molecule has 0 atom stereocenters. The molecule has 1 amide bonds. The second-order valence-electron chi connectivity index (χ2n) is 7.26. The molecule has 1 aromatic carbocycles. The molecule has 0 radical (unpaired) electrons. The Hall–Kier alpha value is -3.81. The van der Waals surface area contributed by atoms with Crippen LogP contribution in [0, 0.1) is 5.82 Å². The first kappa shape index (κ1) is 19.5. The predicted molar refractivity (Wildman–Crippen MR) is 110 cm³/mol. The molecule has 30 heavy (non-hydrogen) atoms. The number of hydrogen-bond donors (Lipinski definition) is 2. The lowest BCUT2D eigenvalue weighted by atomic mass is 10.1. The third kappa shape index (κ3) is 3.84. The number of pyridine rings is 1. The highest BCUT2D eigenvalue weighted by molar-refractivity contribution is 5.94. The van der Waals surface area contributed by atoms with Crippen molar-refractivity contribution in [1.82, 2.24) is 24.9 Å². The molecule has 0 unspecified atom stereocenters. The summed E-state index contributed by atoms with van der Waals surface area (Å²) >= 11 is 0. The number of nitrogens with zero attached hydrogens (tertiary/aromatic N) is 4. The van der Waals surface area contributed by atoms with E-state index in [-0.39, 0.29) is 29.8 Å². The molecule has 0 spiro atoms. The molecule has 7 nitrogen and oxygen atoms in total. The molecular weight excluding hydrogens is 385 g/mol. The Bertz CT molecular complexity index is 1240. The molecule has 4 aromatic rings. The van der Waals surface area contributed by atoms with Gasteiger partial charge in [0, 0.05) is 23.9 Å². The summed E-state index contributed by atoms with van der Waals surface area (Å²) in [4.78, 5) is 21.5. The lowest BCUT2D eigenvalue weighted by Gasteiger charge is -2.11. The predicted octanol–water partition coefficient (Wildman–Crippen LogP) is 3.69. The fraction of sp³-hybridized carbons (Fsp3) is 0.182. The number of amides is 1. The van der Waals surface area contributed by atoms with Crippen molar-refractivity contribution < 1.29 is 14.3 Å². The Morgan fingerprint density at radius 1 is 1.20 bits per heavy atom. The van der Waals surface area contributed by atoms with Crippen LogP contribution in [-0.2, 0) is 6.54 Å². The van der Waals surface area contributed by atoms with Gasteiger partial charge in [-0.05, 0) is 35.7 Å². The molecule has 0 aliphatic carbocycles. The van der Waals surface area contributed by atoms with Gasteiger partial charge >= 0.3 is 0 Å². The van der Waals surface area contributed by atoms with Crippen molar-refractivity contribution in [2.24, 2.45) is 0 Å². The molecule has 0 aliphatic rings. The Morgan fingerprint density at radius 2 is 2.03 bits per heavy atom. The van der Waals surface area contributed by atoms with Crippen LogP contribution in [0.25, 0.3) is 16.9 Å². The highest BCUT2D eigenvalue weighted by atomic mass is 19.1. The van der Waals surface area contributed by atoms with Gasteiger partial charge in [0.15, 0.2) is 5.65 Å². The number of hydrogen-bond acceptors (Lipinski definition) is 5. The lowest BCUT2D eigenvalue weighted by Crippen LogP contribution is -2.25. The third-order valence-electron chi connectivity index (χ3n) is 4.72. The number of carbonyl (C=O) groups excluding carboxylic acids is 1. The highest BCUT2D eigenvalue weighted by Crippen LogP contribution is 2.25. The summed E-state index contributed by atoms with van der Waals surface area (Å²) in [6.45, 7) is 4.25. The summed E-state index contributed by atoms with van der Waals surface area (Å²) in [5.41, 5.74) is 3.34. The molecule has 0 bridgehead atoms. The normalized spacial score (nSPS) is 11.2. The summed E-state index contributed by atoms with van der Waals surface area (Å²) in [6.07, 6.45) is 4.30. The summed E-state index contributed by atoms with van der Waals surface area (Å²) < 4.78 is 15.2. The van der Waals surface area contributed by atoms with Crippen LogP contribution < -0.4 is 5.32 Å². The van der Waals surface area contributed by atoms with Crippen LogP contribution in [0.15, 0.2) is 55.0 Å². The van der Waals surface area contributed by atoms with Crippen LogP contribution in [0.4, 0.5) is 4.39 Å². The zero-order valence-corrected chi connectivity index (χ0v) is 16.5. The van der Waals surface area contributed by atoms with E-state index in [9.17, 15) is 14.3 Å². The van der Waals surface area contributed by atoms with Crippen LogP contribution in [0.5, 0.6) is 5.75 Å². The minimum atomic E-state index is -0.485. The number of phenolic OH excluding ortho intramolecular Hbond substituents is 1. The van der Waals surface area contributed by atoms with E-state index in [0.29, 0.717) is 16.9 Å². The smallest absolute Gasteiger partial charge is 0.270 e. The second kappa shape index (κ2) is 7.90. The van der Waals surface area contributed by atoms with Gasteiger partial charge in [0.1, 0.15) is 17.3 Å². The number of nitrogens with one attached hydrogen (secondary N) is 1. The van der Waals surface area contributed by atoms with Gasteiger partial charge in [-0.15, -0.1) is 0 Å². The van der Waals surface area contributed by atoms with Crippen molar-refractivity contribution in [3.8, 4) is 17.0 Å². The van der Waals surface area contributed by atoms with E-state index in [1.807, 2.05) is 13.8 Å². The topological polar surface area (TPSA) is 92.4 Å². The highest BCUT2D eigenvalue weighted by Gasteiger charge is 2.19. The largest absolute Gasteiger partial charge is 0.508 e. The number of phenols is 1. The number of benzene rings is 1. The van der Waals surface area contributed by atoms with Gasteiger partial charge in [0.25, 0.3) is 5.91 Å². The van der Waals surface area contributed by atoms with Gasteiger partial charge in [-0.1, -0.05) is 26.0 Å². The lowest BCUT2D eigenvalue weighted by molar-refractivity contribution is 0.0943. The average molecular weight is 405 g/mol. The van der Waals surface area contributed by atoms with Gasteiger partial charge < -0.3 is 10.4 Å². The Morgan fingerprint density at radius 3 is 2.77 bits per heavy atom. The molecule has 0 fully saturated rings. The monoisotopic (exact) mass is 405 g/mol. The fourth-order valence-electron chi connectivity index (χ4n) is 3.19. The van der Waals surface area contributed by atoms with Crippen LogP contribution in [-0.4, -0.2) is 30.6 Å². The van der Waals surface area contributed by atoms with E-state index in [1.54, 1.807) is 36.5 Å². The second-order valence-corrected chi connectivity index (χ2v) is 7.26. The van der Waals surface area contributed by atoms with E-state index in [4.69, 9.17) is 0 Å². The molecule has 4 rings (SSSR count). The number of rotatable bonds is 5. The van der Waals surface area contributed by atoms with E-state index < -0.39 is 5.82 Å². The van der Waals surface area contributed by atoms with Crippen molar-refractivity contribution in [1.29, 1.82) is 0 Å². The molecule has 0 saturated heterocycles. The Balaban J connectivity index is 1.76. The first-order valence-electron chi connectivity index (χ1n) is 9.48. The number of aromatic nitrogens is 4. The van der Waals surface area contributed by atoms with Crippen LogP contribution in [0.2, 0.25) is 0 Å². The van der Waals surface area contributed by atoms with Crippen LogP contribution in [0.3, 0.4) is 0 Å². The van der Waals surface area contributed by atoms with E-state index in [1.165, 1.54) is 16.8 Å². The van der Waals surface area contributed by atoms with E-state index in [0.717, 1.165) is 17.3 Å².